The molecule has 0 atom stereocenters. The molecule has 5 aromatic rings. The lowest BCUT2D eigenvalue weighted by atomic mass is 9.99. The lowest BCUT2D eigenvalue weighted by molar-refractivity contribution is 1.19. The first kappa shape index (κ1) is 14.8. The largest absolute Gasteiger partial charge is 0.243 e. The average Bonchev–Trinajstić information content (AvgIpc) is 3.04. The van der Waals surface area contributed by atoms with Gasteiger partial charge in [-0.25, -0.2) is 9.97 Å². The van der Waals surface area contributed by atoms with Gasteiger partial charge in [0.25, 0.3) is 0 Å². The molecule has 0 N–H and O–H groups in total. The Labute approximate surface area is 150 Å². The van der Waals surface area contributed by atoms with Crippen molar-refractivity contribution in [3.8, 4) is 0 Å². The zero-order valence-electron chi connectivity index (χ0n) is 14.3. The van der Waals surface area contributed by atoms with Gasteiger partial charge in [0.05, 0.1) is 11.0 Å². The Kier molecular flexibility index (Phi) is 3.25. The van der Waals surface area contributed by atoms with Crippen molar-refractivity contribution in [3.05, 3.63) is 58.3 Å². The molecular formula is C22H18N2S. The Hall–Kier alpha value is -2.52. The van der Waals surface area contributed by atoms with E-state index in [2.05, 4.69) is 62.4 Å². The van der Waals surface area contributed by atoms with Gasteiger partial charge in [0, 0.05) is 20.5 Å². The second-order valence-corrected chi connectivity index (χ2v) is 7.55. The molecule has 0 saturated heterocycles. The molecule has 2 heterocycles. The number of nitrogens with zero attached hydrogens (tertiary/aromatic N) is 2. The topological polar surface area (TPSA) is 25.8 Å². The normalized spacial score (nSPS) is 11.9. The summed E-state index contributed by atoms with van der Waals surface area (Å²) in [6.07, 6.45) is 2.01. The third kappa shape index (κ3) is 2.02. The number of aryl methyl sites for hydroxylation is 2. The quantitative estimate of drug-likeness (QED) is 0.353. The highest BCUT2D eigenvalue weighted by Gasteiger charge is 2.16. The fourth-order valence-electron chi connectivity index (χ4n) is 3.77. The van der Waals surface area contributed by atoms with E-state index in [1.165, 1.54) is 31.3 Å². The summed E-state index contributed by atoms with van der Waals surface area (Å²) in [6, 6.07) is 17.1. The summed E-state index contributed by atoms with van der Waals surface area (Å²) in [6.45, 7) is 4.41. The van der Waals surface area contributed by atoms with Crippen LogP contribution < -0.4 is 0 Å². The van der Waals surface area contributed by atoms with E-state index in [1.54, 1.807) is 0 Å². The molecule has 0 aliphatic rings. The Morgan fingerprint density at radius 3 is 1.40 bits per heavy atom. The van der Waals surface area contributed by atoms with E-state index >= 15 is 0 Å². The third-order valence-corrected chi connectivity index (χ3v) is 6.42. The monoisotopic (exact) mass is 342 g/mol. The van der Waals surface area contributed by atoms with Gasteiger partial charge in [0.1, 0.15) is 11.0 Å². The zero-order valence-corrected chi connectivity index (χ0v) is 15.2. The Balaban J connectivity index is 2.10. The summed E-state index contributed by atoms with van der Waals surface area (Å²) in [5.41, 5.74) is 4.24. The predicted molar refractivity (Wildman–Crippen MR) is 109 cm³/mol. The van der Waals surface area contributed by atoms with Crippen molar-refractivity contribution in [3.63, 3.8) is 0 Å². The van der Waals surface area contributed by atoms with Crippen LogP contribution in [0.15, 0.2) is 48.5 Å². The molecule has 3 heteroatoms. The fourth-order valence-corrected chi connectivity index (χ4v) is 4.84. The van der Waals surface area contributed by atoms with Crippen molar-refractivity contribution in [2.24, 2.45) is 0 Å². The number of aromatic nitrogens is 2. The van der Waals surface area contributed by atoms with Crippen LogP contribution in [0.5, 0.6) is 0 Å². The minimum atomic E-state index is 1.01. The number of rotatable bonds is 2. The second-order valence-electron chi connectivity index (χ2n) is 6.36. The standard InChI is InChI=1S/C22H18N2S/c1-3-17-21-22(18(4-2)25-17)24-20-16-12-8-6-10-14(16)13-9-5-7-11-15(13)19(20)23-21/h5-12H,3-4H2,1-2H3. The Morgan fingerprint density at radius 2 is 1.00 bits per heavy atom. The number of thiophene rings is 1. The number of benzene rings is 3. The van der Waals surface area contributed by atoms with E-state index in [0.717, 1.165) is 34.9 Å². The van der Waals surface area contributed by atoms with Crippen LogP contribution in [0.25, 0.3) is 43.6 Å². The molecule has 0 bridgehead atoms. The lowest BCUT2D eigenvalue weighted by Crippen LogP contribution is -1.92. The van der Waals surface area contributed by atoms with E-state index in [-0.39, 0.29) is 0 Å². The first-order chi connectivity index (χ1) is 12.3. The molecule has 0 aliphatic heterocycles. The summed E-state index contributed by atoms with van der Waals surface area (Å²) < 4.78 is 0. The van der Waals surface area contributed by atoms with Crippen LogP contribution in [0.2, 0.25) is 0 Å². The van der Waals surface area contributed by atoms with E-state index in [1.807, 2.05) is 11.3 Å². The smallest absolute Gasteiger partial charge is 0.104 e. The van der Waals surface area contributed by atoms with Crippen LogP contribution in [0.4, 0.5) is 0 Å². The molecule has 0 unspecified atom stereocenters. The molecule has 0 radical (unpaired) electrons. The molecule has 2 nitrogen and oxygen atoms in total. The first-order valence-corrected chi connectivity index (χ1v) is 9.65. The molecule has 122 valence electrons. The summed E-state index contributed by atoms with van der Waals surface area (Å²) in [4.78, 5) is 13.0. The fraction of sp³-hybridized carbons (Fsp3) is 0.182. The van der Waals surface area contributed by atoms with Crippen molar-refractivity contribution in [1.82, 2.24) is 9.97 Å². The molecular weight excluding hydrogens is 324 g/mol. The van der Waals surface area contributed by atoms with Gasteiger partial charge in [-0.1, -0.05) is 62.4 Å². The van der Waals surface area contributed by atoms with Crippen LogP contribution in [0.1, 0.15) is 23.6 Å². The van der Waals surface area contributed by atoms with Crippen molar-refractivity contribution in [2.45, 2.75) is 26.7 Å². The Bertz CT molecular complexity index is 1170. The molecule has 0 saturated carbocycles. The highest BCUT2D eigenvalue weighted by atomic mass is 32.1. The summed E-state index contributed by atoms with van der Waals surface area (Å²) in [5, 5.41) is 4.89. The van der Waals surface area contributed by atoms with E-state index in [0.29, 0.717) is 0 Å². The average molecular weight is 342 g/mol. The highest BCUT2D eigenvalue weighted by molar-refractivity contribution is 7.13. The number of hydrogen-bond acceptors (Lipinski definition) is 3. The number of fused-ring (bicyclic) bond motifs is 7. The van der Waals surface area contributed by atoms with E-state index in [4.69, 9.17) is 9.97 Å². The van der Waals surface area contributed by atoms with Gasteiger partial charge in [0.15, 0.2) is 0 Å². The summed E-state index contributed by atoms with van der Waals surface area (Å²) in [5.74, 6) is 0. The maximum absolute atomic E-state index is 5.14. The van der Waals surface area contributed by atoms with Gasteiger partial charge in [-0.15, -0.1) is 11.3 Å². The van der Waals surface area contributed by atoms with Gasteiger partial charge in [-0.2, -0.15) is 0 Å². The lowest BCUT2D eigenvalue weighted by Gasteiger charge is -2.09. The van der Waals surface area contributed by atoms with Gasteiger partial charge < -0.3 is 0 Å². The van der Waals surface area contributed by atoms with Gasteiger partial charge >= 0.3 is 0 Å². The maximum Gasteiger partial charge on any atom is 0.104 e. The van der Waals surface area contributed by atoms with Gasteiger partial charge in [-0.05, 0) is 23.6 Å². The molecule has 3 aromatic carbocycles. The van der Waals surface area contributed by atoms with Crippen LogP contribution in [-0.2, 0) is 12.8 Å². The number of hydrogen-bond donors (Lipinski definition) is 0. The summed E-state index contributed by atoms with van der Waals surface area (Å²) >= 11 is 1.87. The maximum atomic E-state index is 5.14. The molecule has 5 rings (SSSR count). The van der Waals surface area contributed by atoms with Crippen LogP contribution in [-0.4, -0.2) is 9.97 Å². The minimum absolute atomic E-state index is 1.01. The van der Waals surface area contributed by atoms with Gasteiger partial charge in [-0.3, -0.25) is 0 Å². The van der Waals surface area contributed by atoms with Crippen molar-refractivity contribution in [2.75, 3.05) is 0 Å². The first-order valence-electron chi connectivity index (χ1n) is 8.83. The second kappa shape index (κ2) is 5.50. The van der Waals surface area contributed by atoms with Crippen LogP contribution in [0, 0.1) is 0 Å². The Morgan fingerprint density at radius 1 is 0.600 bits per heavy atom. The molecule has 25 heavy (non-hydrogen) atoms. The molecule has 0 aliphatic carbocycles. The summed E-state index contributed by atoms with van der Waals surface area (Å²) in [7, 11) is 0. The van der Waals surface area contributed by atoms with Crippen LogP contribution >= 0.6 is 11.3 Å². The third-order valence-electron chi connectivity index (χ3n) is 4.97. The van der Waals surface area contributed by atoms with Crippen LogP contribution in [0.3, 0.4) is 0 Å². The predicted octanol–water partition coefficient (Wildman–Crippen LogP) is 6.28. The molecule has 0 spiro atoms. The zero-order chi connectivity index (χ0) is 17.0. The molecule has 0 amide bonds. The van der Waals surface area contributed by atoms with E-state index in [9.17, 15) is 0 Å². The SMILES string of the molecule is CCc1sc(CC)c2nc3c4ccccc4c4ccccc4c3nc12. The van der Waals surface area contributed by atoms with Crippen molar-refractivity contribution in [1.29, 1.82) is 0 Å². The van der Waals surface area contributed by atoms with Crippen molar-refractivity contribution >= 4 is 54.9 Å². The highest BCUT2D eigenvalue weighted by Crippen LogP contribution is 2.37. The molecule has 0 fully saturated rings. The minimum Gasteiger partial charge on any atom is -0.243 e. The molecule has 2 aromatic heterocycles. The van der Waals surface area contributed by atoms with E-state index < -0.39 is 0 Å². The van der Waals surface area contributed by atoms with Gasteiger partial charge in [0.2, 0.25) is 0 Å². The van der Waals surface area contributed by atoms with Crippen molar-refractivity contribution < 1.29 is 0 Å².